The van der Waals surface area contributed by atoms with Gasteiger partial charge in [0.15, 0.2) is 11.6 Å². The van der Waals surface area contributed by atoms with Gasteiger partial charge in [-0.25, -0.2) is 0 Å². The number of hydrogen-bond acceptors (Lipinski definition) is 4. The second-order valence-corrected chi connectivity index (χ2v) is 5.56. The van der Waals surface area contributed by atoms with E-state index in [0.717, 1.165) is 11.1 Å². The van der Waals surface area contributed by atoms with Crippen LogP contribution in [0.4, 0.5) is 0 Å². The second-order valence-electron chi connectivity index (χ2n) is 5.56. The minimum absolute atomic E-state index is 0.102. The van der Waals surface area contributed by atoms with Crippen LogP contribution in [0, 0.1) is 11.8 Å². The summed E-state index contributed by atoms with van der Waals surface area (Å²) in [5, 5.41) is 0. The summed E-state index contributed by atoms with van der Waals surface area (Å²) in [5.41, 5.74) is 2.02. The monoisotopic (exact) mass is 278 g/mol. The first-order valence-corrected chi connectivity index (χ1v) is 7.10. The molecule has 1 heterocycles. The van der Waals surface area contributed by atoms with Crippen LogP contribution in [0.5, 0.6) is 0 Å². The number of fused-ring (bicyclic) bond motifs is 2. The van der Waals surface area contributed by atoms with Crippen molar-refractivity contribution in [3.05, 3.63) is 35.4 Å². The van der Waals surface area contributed by atoms with Gasteiger partial charge in [-0.15, -0.1) is 0 Å². The summed E-state index contributed by atoms with van der Waals surface area (Å²) in [6.45, 7) is 5.51. The molecule has 20 heavy (non-hydrogen) atoms. The highest BCUT2D eigenvalue weighted by atomic mass is 16.7. The molecule has 3 rings (SSSR count). The van der Waals surface area contributed by atoms with Crippen molar-refractivity contribution in [3.8, 4) is 0 Å². The third-order valence-corrected chi connectivity index (χ3v) is 4.95. The largest absolute Gasteiger partial charge is 0.349 e. The molecule has 1 fully saturated rings. The Morgan fingerprint density at radius 3 is 2.05 bits per heavy atom. The average molecular weight is 278 g/mol. The highest BCUT2D eigenvalue weighted by Gasteiger charge is 2.59. The first-order valence-electron chi connectivity index (χ1n) is 7.10. The first kappa shape index (κ1) is 14.0. The summed E-state index contributed by atoms with van der Waals surface area (Å²) in [7, 11) is 3.38. The maximum Gasteiger partial charge on any atom is 0.198 e. The van der Waals surface area contributed by atoms with Crippen LogP contribution in [-0.4, -0.2) is 27.4 Å². The van der Waals surface area contributed by atoms with Crippen LogP contribution in [-0.2, 0) is 30.5 Å². The fraction of sp³-hybridized carbons (Fsp3) is 0.625. The Morgan fingerprint density at radius 1 is 0.950 bits per heavy atom. The van der Waals surface area contributed by atoms with Crippen LogP contribution in [0.15, 0.2) is 24.3 Å². The van der Waals surface area contributed by atoms with E-state index in [2.05, 4.69) is 19.9 Å². The fourth-order valence-corrected chi connectivity index (χ4v) is 3.76. The molecule has 1 aliphatic carbocycles. The van der Waals surface area contributed by atoms with E-state index in [0.29, 0.717) is 13.2 Å². The molecule has 4 heteroatoms. The molecule has 2 unspecified atom stereocenters. The molecule has 1 aromatic carbocycles. The molecule has 0 saturated carbocycles. The molecule has 0 N–H and O–H groups in total. The van der Waals surface area contributed by atoms with Crippen LogP contribution in [0.3, 0.4) is 0 Å². The zero-order chi connectivity index (χ0) is 14.4. The van der Waals surface area contributed by atoms with Crippen molar-refractivity contribution in [3.63, 3.8) is 0 Å². The van der Waals surface area contributed by atoms with E-state index >= 15 is 0 Å². The highest BCUT2D eigenvalue weighted by Crippen LogP contribution is 2.55. The van der Waals surface area contributed by atoms with Gasteiger partial charge in [0.2, 0.25) is 0 Å². The number of benzene rings is 1. The molecule has 2 aliphatic rings. The summed E-state index contributed by atoms with van der Waals surface area (Å²) in [6, 6.07) is 8.09. The molecule has 4 nitrogen and oxygen atoms in total. The predicted molar refractivity (Wildman–Crippen MR) is 74.0 cm³/mol. The number of hydrogen-bond donors (Lipinski definition) is 0. The number of methoxy groups -OCH3 is 2. The van der Waals surface area contributed by atoms with Crippen molar-refractivity contribution in [2.75, 3.05) is 27.4 Å². The molecule has 1 aliphatic heterocycles. The molecular formula is C16H22O4. The van der Waals surface area contributed by atoms with E-state index in [1.165, 1.54) is 0 Å². The normalized spacial score (nSPS) is 30.4. The zero-order valence-electron chi connectivity index (χ0n) is 12.5. The lowest BCUT2D eigenvalue weighted by molar-refractivity contribution is -0.310. The zero-order valence-corrected chi connectivity index (χ0v) is 12.5. The Kier molecular flexibility index (Phi) is 3.37. The van der Waals surface area contributed by atoms with Crippen molar-refractivity contribution < 1.29 is 18.9 Å². The van der Waals surface area contributed by atoms with Crippen molar-refractivity contribution in [1.29, 1.82) is 0 Å². The molecule has 1 spiro atoms. The van der Waals surface area contributed by atoms with E-state index in [4.69, 9.17) is 18.9 Å². The van der Waals surface area contributed by atoms with E-state index in [-0.39, 0.29) is 11.8 Å². The van der Waals surface area contributed by atoms with Gasteiger partial charge in [0.1, 0.15) is 0 Å². The lowest BCUT2D eigenvalue weighted by Gasteiger charge is -2.51. The van der Waals surface area contributed by atoms with Gasteiger partial charge < -0.3 is 18.9 Å². The summed E-state index contributed by atoms with van der Waals surface area (Å²) in [6.07, 6.45) is 0. The van der Waals surface area contributed by atoms with Gasteiger partial charge in [-0.2, -0.15) is 0 Å². The third-order valence-electron chi connectivity index (χ3n) is 4.95. The Balaban J connectivity index is 2.25. The van der Waals surface area contributed by atoms with Gasteiger partial charge in [0, 0.05) is 37.2 Å². The molecule has 0 bridgehead atoms. The van der Waals surface area contributed by atoms with Gasteiger partial charge in [-0.1, -0.05) is 38.1 Å². The van der Waals surface area contributed by atoms with Gasteiger partial charge in [0.25, 0.3) is 0 Å². The van der Waals surface area contributed by atoms with Crippen molar-refractivity contribution in [1.82, 2.24) is 0 Å². The van der Waals surface area contributed by atoms with Crippen LogP contribution >= 0.6 is 0 Å². The summed E-state index contributed by atoms with van der Waals surface area (Å²) in [5.74, 6) is -1.20. The van der Waals surface area contributed by atoms with E-state index < -0.39 is 11.6 Å². The Labute approximate surface area is 120 Å². The molecule has 0 radical (unpaired) electrons. The molecule has 1 saturated heterocycles. The molecule has 0 aromatic heterocycles. The topological polar surface area (TPSA) is 36.9 Å². The number of ether oxygens (including phenoxy) is 4. The van der Waals surface area contributed by atoms with E-state index in [1.807, 2.05) is 18.2 Å². The van der Waals surface area contributed by atoms with Gasteiger partial charge in [-0.3, -0.25) is 0 Å². The lowest BCUT2D eigenvalue weighted by atomic mass is 9.69. The molecule has 1 aromatic rings. The van der Waals surface area contributed by atoms with Crippen LogP contribution in [0.2, 0.25) is 0 Å². The van der Waals surface area contributed by atoms with E-state index in [9.17, 15) is 0 Å². The van der Waals surface area contributed by atoms with Gasteiger partial charge >= 0.3 is 0 Å². The summed E-state index contributed by atoms with van der Waals surface area (Å²) in [4.78, 5) is 0. The quantitative estimate of drug-likeness (QED) is 0.779. The first-order chi connectivity index (χ1) is 9.62. The maximum atomic E-state index is 6.04. The smallest absolute Gasteiger partial charge is 0.198 e. The Morgan fingerprint density at radius 2 is 1.50 bits per heavy atom. The molecule has 0 amide bonds. The van der Waals surface area contributed by atoms with Crippen LogP contribution in [0.1, 0.15) is 25.0 Å². The van der Waals surface area contributed by atoms with Gasteiger partial charge in [-0.05, 0) is 0 Å². The van der Waals surface area contributed by atoms with Crippen LogP contribution in [0.25, 0.3) is 0 Å². The third kappa shape index (κ3) is 1.56. The second kappa shape index (κ2) is 4.81. The Hall–Kier alpha value is -0.940. The predicted octanol–water partition coefficient (Wildman–Crippen LogP) is 2.62. The maximum absolute atomic E-state index is 6.04. The minimum Gasteiger partial charge on any atom is -0.349 e. The van der Waals surface area contributed by atoms with Crippen molar-refractivity contribution in [2.24, 2.45) is 11.8 Å². The van der Waals surface area contributed by atoms with Crippen molar-refractivity contribution >= 4 is 0 Å². The summed E-state index contributed by atoms with van der Waals surface area (Å²) < 4.78 is 23.7. The highest BCUT2D eigenvalue weighted by molar-refractivity contribution is 5.39. The minimum atomic E-state index is -0.753. The van der Waals surface area contributed by atoms with Crippen LogP contribution < -0.4 is 0 Å². The van der Waals surface area contributed by atoms with Crippen molar-refractivity contribution in [2.45, 2.75) is 25.4 Å². The van der Waals surface area contributed by atoms with E-state index in [1.54, 1.807) is 14.2 Å². The molecular weight excluding hydrogens is 256 g/mol. The summed E-state index contributed by atoms with van der Waals surface area (Å²) >= 11 is 0. The number of rotatable bonds is 2. The Bertz CT molecular complexity index is 460. The average Bonchev–Trinajstić information content (AvgIpc) is 2.98. The fourth-order valence-electron chi connectivity index (χ4n) is 3.76. The molecule has 2 atom stereocenters. The van der Waals surface area contributed by atoms with Gasteiger partial charge in [0.05, 0.1) is 13.2 Å². The molecule has 110 valence electrons. The SMILES string of the molecule is COC1(OC)c2ccccc2C2(OCCO2)C(C)C1C. The lowest BCUT2D eigenvalue weighted by Crippen LogP contribution is -2.54. The standard InChI is InChI=1S/C16H22O4/c1-11-12(2)16(19-9-10-20-16)14-8-6-5-7-13(14)15(11,17-3)18-4/h5-8,11-12H,9-10H2,1-4H3.